The molecule has 0 aliphatic heterocycles. The SMILES string of the molecule is C=CC(=O)Nc1cc(-c2cc[nH]c2-c2ccc(OCCN(C)C)cc2)cc(F)c1C. The average molecular weight is 407 g/mol. The first-order valence-electron chi connectivity index (χ1n) is 9.68. The highest BCUT2D eigenvalue weighted by Gasteiger charge is 2.14. The van der Waals surface area contributed by atoms with E-state index in [9.17, 15) is 9.18 Å². The van der Waals surface area contributed by atoms with Crippen LogP contribution in [0.15, 0.2) is 61.3 Å². The molecule has 5 nitrogen and oxygen atoms in total. The van der Waals surface area contributed by atoms with Crippen LogP contribution in [0.1, 0.15) is 5.56 Å². The van der Waals surface area contributed by atoms with Crippen LogP contribution < -0.4 is 10.1 Å². The van der Waals surface area contributed by atoms with E-state index in [1.807, 2.05) is 50.6 Å². The number of likely N-dealkylation sites (N-methyl/N-ethyl adjacent to an activating group) is 1. The Morgan fingerprint density at radius 1 is 1.20 bits per heavy atom. The zero-order chi connectivity index (χ0) is 21.7. The second-order valence-corrected chi connectivity index (χ2v) is 7.27. The summed E-state index contributed by atoms with van der Waals surface area (Å²) in [5.41, 5.74) is 4.12. The van der Waals surface area contributed by atoms with E-state index >= 15 is 0 Å². The third-order valence-corrected chi connectivity index (χ3v) is 4.80. The summed E-state index contributed by atoms with van der Waals surface area (Å²) in [6.45, 7) is 6.53. The number of ether oxygens (including phenoxy) is 1. The number of halogens is 1. The summed E-state index contributed by atoms with van der Waals surface area (Å²) in [5.74, 6) is 0.0296. The fraction of sp³-hybridized carbons (Fsp3) is 0.208. The van der Waals surface area contributed by atoms with Crippen molar-refractivity contribution in [1.29, 1.82) is 0 Å². The van der Waals surface area contributed by atoms with E-state index in [2.05, 4.69) is 21.8 Å². The summed E-state index contributed by atoms with van der Waals surface area (Å²) in [5, 5.41) is 2.67. The first kappa shape index (κ1) is 21.3. The van der Waals surface area contributed by atoms with Crippen LogP contribution in [-0.2, 0) is 4.79 Å². The van der Waals surface area contributed by atoms with Crippen LogP contribution in [0.2, 0.25) is 0 Å². The Labute approximate surface area is 176 Å². The summed E-state index contributed by atoms with van der Waals surface area (Å²) < 4.78 is 20.3. The van der Waals surface area contributed by atoms with Gasteiger partial charge in [0.15, 0.2) is 0 Å². The molecule has 0 bridgehead atoms. The number of aromatic amines is 1. The highest BCUT2D eigenvalue weighted by molar-refractivity contribution is 6.00. The first-order chi connectivity index (χ1) is 14.4. The minimum atomic E-state index is -0.386. The van der Waals surface area contributed by atoms with Crippen molar-refractivity contribution in [2.75, 3.05) is 32.6 Å². The number of H-pyrrole nitrogens is 1. The maximum absolute atomic E-state index is 14.5. The summed E-state index contributed by atoms with van der Waals surface area (Å²) in [7, 11) is 4.00. The average Bonchev–Trinajstić information content (AvgIpc) is 3.21. The van der Waals surface area contributed by atoms with Gasteiger partial charge in [0.25, 0.3) is 0 Å². The van der Waals surface area contributed by atoms with Crippen LogP contribution in [0.4, 0.5) is 10.1 Å². The number of hydrogen-bond acceptors (Lipinski definition) is 3. The largest absolute Gasteiger partial charge is 0.492 e. The summed E-state index contributed by atoms with van der Waals surface area (Å²) >= 11 is 0. The fourth-order valence-electron chi connectivity index (χ4n) is 3.06. The van der Waals surface area contributed by atoms with Gasteiger partial charge in [0.05, 0.1) is 5.69 Å². The quantitative estimate of drug-likeness (QED) is 0.524. The summed E-state index contributed by atoms with van der Waals surface area (Å²) in [6.07, 6.45) is 2.97. The number of nitrogens with zero attached hydrogens (tertiary/aromatic N) is 1. The number of aromatic nitrogens is 1. The number of carbonyl (C=O) groups excluding carboxylic acids is 1. The van der Waals surface area contributed by atoms with Gasteiger partial charge in [-0.15, -0.1) is 0 Å². The Bertz CT molecular complexity index is 1040. The van der Waals surface area contributed by atoms with Gasteiger partial charge in [-0.2, -0.15) is 0 Å². The van der Waals surface area contributed by atoms with Crippen LogP contribution in [0.25, 0.3) is 22.4 Å². The van der Waals surface area contributed by atoms with Crippen molar-refractivity contribution < 1.29 is 13.9 Å². The van der Waals surface area contributed by atoms with Crippen LogP contribution in [-0.4, -0.2) is 43.0 Å². The van der Waals surface area contributed by atoms with Crippen LogP contribution in [0.5, 0.6) is 5.75 Å². The Morgan fingerprint density at radius 2 is 1.93 bits per heavy atom. The zero-order valence-electron chi connectivity index (χ0n) is 17.5. The molecule has 1 amide bonds. The summed E-state index contributed by atoms with van der Waals surface area (Å²) in [4.78, 5) is 17.0. The Morgan fingerprint density at radius 3 is 2.60 bits per heavy atom. The number of nitrogens with one attached hydrogen (secondary N) is 2. The van der Waals surface area contributed by atoms with Crippen molar-refractivity contribution in [1.82, 2.24) is 9.88 Å². The molecule has 0 saturated carbocycles. The van der Waals surface area contributed by atoms with E-state index in [1.165, 1.54) is 6.07 Å². The van der Waals surface area contributed by atoms with E-state index in [4.69, 9.17) is 4.74 Å². The molecule has 156 valence electrons. The molecule has 6 heteroatoms. The standard InChI is InChI=1S/C24H26FN3O2/c1-5-23(29)27-22-15-18(14-21(25)16(22)2)20-10-11-26-24(20)17-6-8-19(9-7-17)30-13-12-28(3)4/h5-11,14-15,26H,1,12-13H2,2-4H3,(H,27,29). The van der Waals surface area contributed by atoms with Gasteiger partial charge in [-0.25, -0.2) is 4.39 Å². The Kier molecular flexibility index (Phi) is 6.69. The van der Waals surface area contributed by atoms with Crippen LogP contribution in [0.3, 0.4) is 0 Å². The molecule has 2 N–H and O–H groups in total. The number of benzene rings is 2. The topological polar surface area (TPSA) is 57.4 Å². The molecule has 0 unspecified atom stereocenters. The van der Waals surface area contributed by atoms with Gasteiger partial charge in [0.2, 0.25) is 5.91 Å². The Balaban J connectivity index is 1.88. The maximum Gasteiger partial charge on any atom is 0.247 e. The monoisotopic (exact) mass is 407 g/mol. The molecule has 0 radical (unpaired) electrons. The molecule has 0 aliphatic rings. The smallest absolute Gasteiger partial charge is 0.247 e. The second-order valence-electron chi connectivity index (χ2n) is 7.27. The predicted octanol–water partition coefficient (Wildman–Crippen LogP) is 4.86. The van der Waals surface area contributed by atoms with Gasteiger partial charge in [-0.3, -0.25) is 4.79 Å². The summed E-state index contributed by atoms with van der Waals surface area (Å²) in [6, 6.07) is 12.9. The van der Waals surface area contributed by atoms with Gasteiger partial charge in [0, 0.05) is 29.6 Å². The van der Waals surface area contributed by atoms with Gasteiger partial charge in [-0.1, -0.05) is 6.58 Å². The molecule has 3 aromatic rings. The third kappa shape index (κ3) is 4.96. The molecule has 0 saturated heterocycles. The van der Waals surface area contributed by atoms with E-state index < -0.39 is 0 Å². The minimum absolute atomic E-state index is 0.380. The lowest BCUT2D eigenvalue weighted by Gasteiger charge is -2.13. The maximum atomic E-state index is 14.5. The van der Waals surface area contributed by atoms with Gasteiger partial charge >= 0.3 is 0 Å². The molecule has 1 aromatic heterocycles. The van der Waals surface area contributed by atoms with Gasteiger partial charge in [-0.05, 0) is 80.7 Å². The molecule has 0 spiro atoms. The van der Waals surface area contributed by atoms with Crippen molar-refractivity contribution in [3.63, 3.8) is 0 Å². The number of rotatable bonds is 8. The molecule has 2 aromatic carbocycles. The van der Waals surface area contributed by atoms with Gasteiger partial charge in [0.1, 0.15) is 18.2 Å². The van der Waals surface area contributed by atoms with Crippen molar-refractivity contribution in [3.8, 4) is 28.1 Å². The second kappa shape index (κ2) is 9.41. The highest BCUT2D eigenvalue weighted by atomic mass is 19.1. The number of carbonyl (C=O) groups is 1. The molecule has 0 fully saturated rings. The fourth-order valence-corrected chi connectivity index (χ4v) is 3.06. The molecule has 0 aliphatic carbocycles. The van der Waals surface area contributed by atoms with E-state index in [1.54, 1.807) is 13.0 Å². The zero-order valence-corrected chi connectivity index (χ0v) is 17.5. The van der Waals surface area contributed by atoms with Crippen LogP contribution in [0, 0.1) is 12.7 Å². The number of anilines is 1. The van der Waals surface area contributed by atoms with Gasteiger partial charge < -0.3 is 19.9 Å². The van der Waals surface area contributed by atoms with Crippen molar-refractivity contribution >= 4 is 11.6 Å². The highest BCUT2D eigenvalue weighted by Crippen LogP contribution is 2.35. The lowest BCUT2D eigenvalue weighted by atomic mass is 9.99. The van der Waals surface area contributed by atoms with Crippen molar-refractivity contribution in [3.05, 3.63) is 72.7 Å². The molecule has 3 rings (SSSR count). The van der Waals surface area contributed by atoms with Crippen molar-refractivity contribution in [2.45, 2.75) is 6.92 Å². The number of hydrogen-bond donors (Lipinski definition) is 2. The van der Waals surface area contributed by atoms with E-state index in [0.29, 0.717) is 23.4 Å². The Hall–Kier alpha value is -3.38. The molecular formula is C24H26FN3O2. The van der Waals surface area contributed by atoms with E-state index in [0.717, 1.165) is 35.2 Å². The van der Waals surface area contributed by atoms with Crippen LogP contribution >= 0.6 is 0 Å². The first-order valence-corrected chi connectivity index (χ1v) is 9.68. The lowest BCUT2D eigenvalue weighted by Crippen LogP contribution is -2.19. The molecule has 30 heavy (non-hydrogen) atoms. The molecule has 0 atom stereocenters. The van der Waals surface area contributed by atoms with Crippen molar-refractivity contribution in [2.24, 2.45) is 0 Å². The lowest BCUT2D eigenvalue weighted by molar-refractivity contribution is -0.111. The third-order valence-electron chi connectivity index (χ3n) is 4.80. The normalized spacial score (nSPS) is 10.8. The van der Waals surface area contributed by atoms with E-state index in [-0.39, 0.29) is 11.7 Å². The predicted molar refractivity (Wildman–Crippen MR) is 119 cm³/mol. The molecular weight excluding hydrogens is 381 g/mol. The number of amides is 1. The minimum Gasteiger partial charge on any atom is -0.492 e. The molecule has 1 heterocycles.